The molecule has 0 aromatic heterocycles. The van der Waals surface area contributed by atoms with Crippen molar-refractivity contribution in [2.24, 2.45) is 5.73 Å². The van der Waals surface area contributed by atoms with Crippen LogP contribution in [0.5, 0.6) is 11.5 Å². The van der Waals surface area contributed by atoms with Crippen molar-refractivity contribution < 1.29 is 9.47 Å². The minimum absolute atomic E-state index is 0.324. The van der Waals surface area contributed by atoms with E-state index in [-0.39, 0.29) is 0 Å². The number of piperazine rings is 1. The SMILES string of the molecule is CN1CCN(CC(CN)c2ccc3c(c2)OCO3)CC1. The van der Waals surface area contributed by atoms with E-state index in [1.165, 1.54) is 5.56 Å². The highest BCUT2D eigenvalue weighted by molar-refractivity contribution is 5.45. The van der Waals surface area contributed by atoms with E-state index in [9.17, 15) is 0 Å². The zero-order valence-electron chi connectivity index (χ0n) is 12.0. The van der Waals surface area contributed by atoms with Gasteiger partial charge in [-0.2, -0.15) is 0 Å². The zero-order valence-corrected chi connectivity index (χ0v) is 12.0. The molecule has 1 aromatic carbocycles. The number of ether oxygens (including phenoxy) is 2. The third-order valence-electron chi connectivity index (χ3n) is 4.23. The van der Waals surface area contributed by atoms with Crippen molar-refractivity contribution in [3.05, 3.63) is 23.8 Å². The summed E-state index contributed by atoms with van der Waals surface area (Å²) in [7, 11) is 2.18. The maximum Gasteiger partial charge on any atom is 0.231 e. The smallest absolute Gasteiger partial charge is 0.231 e. The minimum Gasteiger partial charge on any atom is -0.454 e. The molecule has 0 saturated carbocycles. The van der Waals surface area contributed by atoms with Gasteiger partial charge >= 0.3 is 0 Å². The molecule has 1 fully saturated rings. The molecule has 0 aliphatic carbocycles. The van der Waals surface area contributed by atoms with Crippen LogP contribution in [-0.2, 0) is 0 Å². The molecule has 0 spiro atoms. The number of hydrogen-bond donors (Lipinski definition) is 1. The first-order valence-electron chi connectivity index (χ1n) is 7.27. The van der Waals surface area contributed by atoms with Gasteiger partial charge in [-0.1, -0.05) is 6.07 Å². The Morgan fingerprint density at radius 2 is 1.90 bits per heavy atom. The molecule has 5 heteroatoms. The Kier molecular flexibility index (Phi) is 4.10. The highest BCUT2D eigenvalue weighted by Gasteiger charge is 2.21. The molecule has 5 nitrogen and oxygen atoms in total. The molecule has 1 unspecified atom stereocenters. The Bertz CT molecular complexity index is 458. The number of likely N-dealkylation sites (N-methyl/N-ethyl adjacent to an activating group) is 1. The molecular weight excluding hydrogens is 254 g/mol. The lowest BCUT2D eigenvalue weighted by molar-refractivity contribution is 0.147. The van der Waals surface area contributed by atoms with Crippen molar-refractivity contribution in [3.8, 4) is 11.5 Å². The van der Waals surface area contributed by atoms with Crippen LogP contribution >= 0.6 is 0 Å². The predicted octanol–water partition coefficient (Wildman–Crippen LogP) is 0.705. The van der Waals surface area contributed by atoms with Gasteiger partial charge in [-0.15, -0.1) is 0 Å². The fourth-order valence-corrected chi connectivity index (χ4v) is 2.83. The van der Waals surface area contributed by atoms with E-state index >= 15 is 0 Å². The van der Waals surface area contributed by atoms with Crippen molar-refractivity contribution in [2.45, 2.75) is 5.92 Å². The molecule has 3 rings (SSSR count). The molecule has 0 radical (unpaired) electrons. The lowest BCUT2D eigenvalue weighted by Crippen LogP contribution is -2.46. The van der Waals surface area contributed by atoms with Crippen LogP contribution in [0, 0.1) is 0 Å². The topological polar surface area (TPSA) is 51.0 Å². The molecule has 2 aliphatic rings. The van der Waals surface area contributed by atoms with Gasteiger partial charge in [0, 0.05) is 45.2 Å². The average Bonchev–Trinajstić information content (AvgIpc) is 2.94. The summed E-state index contributed by atoms with van der Waals surface area (Å²) in [6, 6.07) is 6.18. The van der Waals surface area contributed by atoms with Crippen molar-refractivity contribution in [2.75, 3.05) is 53.1 Å². The Labute approximate surface area is 120 Å². The van der Waals surface area contributed by atoms with Crippen LogP contribution in [0.15, 0.2) is 18.2 Å². The number of fused-ring (bicyclic) bond motifs is 1. The standard InChI is InChI=1S/C15H23N3O2/c1-17-4-6-18(7-5-17)10-13(9-16)12-2-3-14-15(8-12)20-11-19-14/h2-3,8,13H,4-7,9-11,16H2,1H3. The second-order valence-corrected chi connectivity index (χ2v) is 5.65. The van der Waals surface area contributed by atoms with Crippen molar-refractivity contribution in [1.29, 1.82) is 0 Å². The first-order valence-corrected chi connectivity index (χ1v) is 7.27. The van der Waals surface area contributed by atoms with Crippen LogP contribution in [0.4, 0.5) is 0 Å². The number of hydrogen-bond acceptors (Lipinski definition) is 5. The van der Waals surface area contributed by atoms with E-state index in [0.717, 1.165) is 44.2 Å². The predicted molar refractivity (Wildman–Crippen MR) is 78.3 cm³/mol. The Balaban J connectivity index is 1.67. The molecule has 0 bridgehead atoms. The van der Waals surface area contributed by atoms with E-state index in [0.29, 0.717) is 19.3 Å². The summed E-state index contributed by atoms with van der Waals surface area (Å²) < 4.78 is 10.8. The Morgan fingerprint density at radius 3 is 2.65 bits per heavy atom. The molecular formula is C15H23N3O2. The van der Waals surface area contributed by atoms with Crippen LogP contribution in [0.3, 0.4) is 0 Å². The fourth-order valence-electron chi connectivity index (χ4n) is 2.83. The monoisotopic (exact) mass is 277 g/mol. The van der Waals surface area contributed by atoms with Crippen LogP contribution in [0.2, 0.25) is 0 Å². The van der Waals surface area contributed by atoms with Gasteiger partial charge in [0.25, 0.3) is 0 Å². The molecule has 2 aliphatic heterocycles. The first kappa shape index (κ1) is 13.7. The van der Waals surface area contributed by atoms with E-state index < -0.39 is 0 Å². The summed E-state index contributed by atoms with van der Waals surface area (Å²) in [5, 5.41) is 0. The van der Waals surface area contributed by atoms with Gasteiger partial charge in [-0.3, -0.25) is 0 Å². The van der Waals surface area contributed by atoms with Crippen molar-refractivity contribution in [3.63, 3.8) is 0 Å². The summed E-state index contributed by atoms with van der Waals surface area (Å²) in [4.78, 5) is 4.87. The highest BCUT2D eigenvalue weighted by Crippen LogP contribution is 2.34. The highest BCUT2D eigenvalue weighted by atomic mass is 16.7. The van der Waals surface area contributed by atoms with Crippen LogP contribution in [0.1, 0.15) is 11.5 Å². The van der Waals surface area contributed by atoms with Crippen molar-refractivity contribution >= 4 is 0 Å². The number of benzene rings is 1. The number of nitrogens with zero attached hydrogens (tertiary/aromatic N) is 2. The van der Waals surface area contributed by atoms with Gasteiger partial charge < -0.3 is 25.0 Å². The molecule has 2 N–H and O–H groups in total. The second kappa shape index (κ2) is 5.99. The Hall–Kier alpha value is -1.30. The number of nitrogens with two attached hydrogens (primary N) is 1. The quantitative estimate of drug-likeness (QED) is 0.878. The van der Waals surface area contributed by atoms with E-state index in [4.69, 9.17) is 15.2 Å². The third kappa shape index (κ3) is 2.90. The molecule has 2 heterocycles. The molecule has 1 aromatic rings. The molecule has 0 amide bonds. The van der Waals surface area contributed by atoms with E-state index in [1.807, 2.05) is 6.07 Å². The van der Waals surface area contributed by atoms with Gasteiger partial charge in [0.05, 0.1) is 0 Å². The third-order valence-corrected chi connectivity index (χ3v) is 4.23. The van der Waals surface area contributed by atoms with Crippen LogP contribution in [0.25, 0.3) is 0 Å². The summed E-state index contributed by atoms with van der Waals surface area (Å²) in [6.07, 6.45) is 0. The lowest BCUT2D eigenvalue weighted by Gasteiger charge is -2.34. The molecule has 20 heavy (non-hydrogen) atoms. The Morgan fingerprint density at radius 1 is 1.15 bits per heavy atom. The van der Waals surface area contributed by atoms with Crippen LogP contribution in [-0.4, -0.2) is 62.9 Å². The normalized spacial score (nSPS) is 21.1. The average molecular weight is 277 g/mol. The lowest BCUT2D eigenvalue weighted by atomic mass is 9.97. The van der Waals surface area contributed by atoms with Gasteiger partial charge in [0.1, 0.15) is 0 Å². The van der Waals surface area contributed by atoms with Crippen molar-refractivity contribution in [1.82, 2.24) is 9.80 Å². The van der Waals surface area contributed by atoms with Gasteiger partial charge in [-0.05, 0) is 24.7 Å². The summed E-state index contributed by atoms with van der Waals surface area (Å²) in [5.41, 5.74) is 7.23. The maximum absolute atomic E-state index is 5.99. The molecule has 1 saturated heterocycles. The molecule has 1 atom stereocenters. The zero-order chi connectivity index (χ0) is 13.9. The first-order chi connectivity index (χ1) is 9.76. The fraction of sp³-hybridized carbons (Fsp3) is 0.600. The largest absolute Gasteiger partial charge is 0.454 e. The maximum atomic E-state index is 5.99. The van der Waals surface area contributed by atoms with Gasteiger partial charge in [0.15, 0.2) is 11.5 Å². The van der Waals surface area contributed by atoms with E-state index in [2.05, 4.69) is 29.0 Å². The van der Waals surface area contributed by atoms with Gasteiger partial charge in [-0.25, -0.2) is 0 Å². The van der Waals surface area contributed by atoms with Crippen LogP contribution < -0.4 is 15.2 Å². The van der Waals surface area contributed by atoms with E-state index in [1.54, 1.807) is 0 Å². The summed E-state index contributed by atoms with van der Waals surface area (Å²) in [5.74, 6) is 2.04. The minimum atomic E-state index is 0.324. The summed E-state index contributed by atoms with van der Waals surface area (Å²) >= 11 is 0. The van der Waals surface area contributed by atoms with Gasteiger partial charge in [0.2, 0.25) is 6.79 Å². The number of rotatable bonds is 4. The second-order valence-electron chi connectivity index (χ2n) is 5.65. The summed E-state index contributed by atoms with van der Waals surface area (Å²) in [6.45, 7) is 6.52. The molecule has 110 valence electrons.